The maximum absolute atomic E-state index is 6.58. The van der Waals surface area contributed by atoms with Gasteiger partial charge in [0.1, 0.15) is 17.0 Å². The van der Waals surface area contributed by atoms with Gasteiger partial charge in [-0.1, -0.05) is 163 Å². The van der Waals surface area contributed by atoms with E-state index in [-0.39, 0.29) is 6.04 Å². The molecule has 0 fully saturated rings. The van der Waals surface area contributed by atoms with Crippen molar-refractivity contribution in [1.82, 2.24) is 5.32 Å². The summed E-state index contributed by atoms with van der Waals surface area (Å²) in [5.74, 6) is 0.850. The van der Waals surface area contributed by atoms with E-state index in [0.29, 0.717) is 0 Å². The second-order valence-corrected chi connectivity index (χ2v) is 15.0. The molecule has 1 unspecified atom stereocenters. The molecule has 2 aliphatic rings. The van der Waals surface area contributed by atoms with Gasteiger partial charge in [0.25, 0.3) is 0 Å². The van der Waals surface area contributed by atoms with Crippen molar-refractivity contribution in [2.45, 2.75) is 10.9 Å². The maximum atomic E-state index is 6.58. The van der Waals surface area contributed by atoms with Crippen LogP contribution in [0.15, 0.2) is 201 Å². The zero-order valence-corrected chi connectivity index (χ0v) is 30.0. The lowest BCUT2D eigenvalue weighted by Gasteiger charge is -2.25. The Balaban J connectivity index is 0.991. The average Bonchev–Trinajstić information content (AvgIpc) is 3.82. The molecule has 0 radical (unpaired) electrons. The predicted octanol–water partition coefficient (Wildman–Crippen LogP) is 13.3. The van der Waals surface area contributed by atoms with E-state index in [1.807, 2.05) is 17.8 Å². The summed E-state index contributed by atoms with van der Waals surface area (Å²) in [6.07, 6.45) is 0. The highest BCUT2D eigenvalue weighted by Gasteiger charge is 2.35. The zero-order chi connectivity index (χ0) is 35.6. The number of fused-ring (bicyclic) bond motifs is 7. The van der Waals surface area contributed by atoms with Crippen molar-refractivity contribution in [3.05, 3.63) is 204 Å². The number of amidine groups is 1. The van der Waals surface area contributed by atoms with E-state index in [4.69, 9.17) is 9.41 Å². The van der Waals surface area contributed by atoms with Gasteiger partial charge in [-0.3, -0.25) is 0 Å². The smallest absolute Gasteiger partial charge is 0.136 e. The third kappa shape index (κ3) is 5.18. The van der Waals surface area contributed by atoms with E-state index in [2.05, 4.69) is 181 Å². The molecule has 0 bridgehead atoms. The van der Waals surface area contributed by atoms with Crippen LogP contribution >= 0.6 is 11.8 Å². The summed E-state index contributed by atoms with van der Waals surface area (Å²) in [7, 11) is 0. The Labute approximate surface area is 317 Å². The van der Waals surface area contributed by atoms with Crippen molar-refractivity contribution < 1.29 is 4.42 Å². The Hall–Kier alpha value is -6.62. The third-order valence-corrected chi connectivity index (χ3v) is 12.0. The van der Waals surface area contributed by atoms with Crippen LogP contribution in [0.3, 0.4) is 0 Å². The van der Waals surface area contributed by atoms with Gasteiger partial charge < -0.3 is 9.73 Å². The van der Waals surface area contributed by atoms with Crippen LogP contribution < -0.4 is 5.32 Å². The van der Waals surface area contributed by atoms with Crippen LogP contribution in [0.2, 0.25) is 0 Å². The monoisotopic (exact) mass is 708 g/mol. The quantitative estimate of drug-likeness (QED) is 0.193. The molecular weight excluding hydrogens is 677 g/mol. The number of hydrogen-bond acceptors (Lipinski definition) is 4. The fourth-order valence-corrected chi connectivity index (χ4v) is 9.27. The van der Waals surface area contributed by atoms with E-state index in [9.17, 15) is 0 Å². The van der Waals surface area contributed by atoms with Crippen molar-refractivity contribution in [3.8, 4) is 33.4 Å². The topological polar surface area (TPSA) is 37.5 Å². The maximum Gasteiger partial charge on any atom is 0.136 e. The molecule has 0 saturated carbocycles. The second kappa shape index (κ2) is 12.5. The van der Waals surface area contributed by atoms with E-state index in [0.717, 1.165) is 55.7 Å². The third-order valence-electron chi connectivity index (χ3n) is 10.8. The fourth-order valence-electron chi connectivity index (χ4n) is 8.02. The number of thioether (sulfide) groups is 1. The Morgan fingerprint density at radius 3 is 1.93 bits per heavy atom. The highest BCUT2D eigenvalue weighted by atomic mass is 32.2. The summed E-state index contributed by atoms with van der Waals surface area (Å²) >= 11 is 1.82. The summed E-state index contributed by atoms with van der Waals surface area (Å²) in [4.78, 5) is 7.94. The van der Waals surface area contributed by atoms with Crippen LogP contribution in [0.5, 0.6) is 0 Å². The van der Waals surface area contributed by atoms with Crippen molar-refractivity contribution in [2.24, 2.45) is 4.99 Å². The lowest BCUT2D eigenvalue weighted by molar-refractivity contribution is 0.669. The minimum absolute atomic E-state index is 0.00717. The standard InChI is InChI=1S/C50H32N2OS/c1-2-9-31(10-3-1)33-17-19-35(20-18-33)39-27-28-40-44(30-39)53-43-15-8-14-42(46(40)43)50-51-47(49-48(52-50)41-13-6-7-16-45(41)54-49)36-24-21-34(22-25-36)38-26-23-32-11-4-5-12-37(32)29-38/h1-30,48H,(H,51,52). The Morgan fingerprint density at radius 1 is 0.481 bits per heavy atom. The number of furan rings is 1. The van der Waals surface area contributed by atoms with Gasteiger partial charge >= 0.3 is 0 Å². The van der Waals surface area contributed by atoms with Crippen molar-refractivity contribution in [3.63, 3.8) is 0 Å². The predicted molar refractivity (Wildman–Crippen MR) is 226 cm³/mol. The molecule has 3 heterocycles. The number of rotatable bonds is 5. The van der Waals surface area contributed by atoms with Crippen molar-refractivity contribution in [1.29, 1.82) is 0 Å². The first-order chi connectivity index (χ1) is 26.7. The molecule has 0 spiro atoms. The molecule has 9 aromatic rings. The Bertz CT molecular complexity index is 2980. The SMILES string of the molecule is c1ccc(-c2ccc(-c3ccc4c(c3)oc3cccc(C5=NC(c6ccc(-c7ccc8ccccc8c7)cc6)=C6Sc7ccccc7C6N5)c34)cc2)cc1. The highest BCUT2D eigenvalue weighted by molar-refractivity contribution is 8.03. The summed E-state index contributed by atoms with van der Waals surface area (Å²) in [5.41, 5.74) is 13.2. The van der Waals surface area contributed by atoms with Crippen molar-refractivity contribution >= 4 is 56.0 Å². The van der Waals surface area contributed by atoms with Gasteiger partial charge in [0.05, 0.1) is 11.7 Å². The largest absolute Gasteiger partial charge is 0.456 e. The van der Waals surface area contributed by atoms with Gasteiger partial charge in [-0.2, -0.15) is 0 Å². The molecule has 1 N–H and O–H groups in total. The number of nitrogens with one attached hydrogen (secondary N) is 1. The number of aliphatic imine (C=N–C) groups is 1. The molecule has 3 nitrogen and oxygen atoms in total. The first-order valence-corrected chi connectivity index (χ1v) is 19.1. The summed E-state index contributed by atoms with van der Waals surface area (Å²) in [6.45, 7) is 0. The van der Waals surface area contributed by atoms with Crippen LogP contribution in [-0.2, 0) is 0 Å². The summed E-state index contributed by atoms with van der Waals surface area (Å²) < 4.78 is 6.58. The van der Waals surface area contributed by atoms with Crippen LogP contribution in [-0.4, -0.2) is 5.84 Å². The molecule has 2 aliphatic heterocycles. The second-order valence-electron chi connectivity index (χ2n) is 14.0. The minimum Gasteiger partial charge on any atom is -0.456 e. The molecule has 54 heavy (non-hydrogen) atoms. The molecule has 0 amide bonds. The molecule has 0 aliphatic carbocycles. The van der Waals surface area contributed by atoms with Gasteiger partial charge in [0.2, 0.25) is 0 Å². The number of benzene rings is 8. The van der Waals surface area contributed by atoms with Crippen LogP contribution in [0, 0.1) is 0 Å². The minimum atomic E-state index is 0.00717. The fraction of sp³-hybridized carbons (Fsp3) is 0.0200. The van der Waals surface area contributed by atoms with Gasteiger partial charge in [-0.15, -0.1) is 0 Å². The zero-order valence-electron chi connectivity index (χ0n) is 29.2. The molecule has 0 saturated heterocycles. The lowest BCUT2D eigenvalue weighted by Crippen LogP contribution is -2.32. The molecule has 1 atom stereocenters. The first kappa shape index (κ1) is 31.0. The van der Waals surface area contributed by atoms with Gasteiger partial charge in [0, 0.05) is 31.7 Å². The summed E-state index contributed by atoms with van der Waals surface area (Å²) in [6, 6.07) is 64.9. The van der Waals surface area contributed by atoms with E-state index in [1.165, 1.54) is 48.4 Å². The Morgan fingerprint density at radius 2 is 1.11 bits per heavy atom. The van der Waals surface area contributed by atoms with Crippen molar-refractivity contribution in [2.75, 3.05) is 0 Å². The molecule has 8 aromatic carbocycles. The number of nitrogens with zero attached hydrogens (tertiary/aromatic N) is 1. The molecule has 11 rings (SSSR count). The lowest BCUT2D eigenvalue weighted by atomic mass is 9.96. The molecule has 254 valence electrons. The van der Waals surface area contributed by atoms with Crippen LogP contribution in [0.1, 0.15) is 22.7 Å². The Kier molecular flexibility index (Phi) is 7.17. The number of hydrogen-bond donors (Lipinski definition) is 1. The van der Waals surface area contributed by atoms with E-state index < -0.39 is 0 Å². The van der Waals surface area contributed by atoms with Crippen LogP contribution in [0.25, 0.3) is 71.8 Å². The van der Waals surface area contributed by atoms with E-state index >= 15 is 0 Å². The van der Waals surface area contributed by atoms with E-state index in [1.54, 1.807) is 0 Å². The first-order valence-electron chi connectivity index (χ1n) is 18.3. The molecule has 1 aromatic heterocycles. The molecule has 4 heteroatoms. The molecular formula is C50H32N2OS. The highest BCUT2D eigenvalue weighted by Crippen LogP contribution is 2.52. The summed E-state index contributed by atoms with van der Waals surface area (Å²) in [5, 5.41) is 8.51. The normalized spacial score (nSPS) is 15.0. The van der Waals surface area contributed by atoms with Crippen LogP contribution in [0.4, 0.5) is 0 Å². The van der Waals surface area contributed by atoms with Gasteiger partial charge in [0.15, 0.2) is 0 Å². The average molecular weight is 709 g/mol. The van der Waals surface area contributed by atoms with Gasteiger partial charge in [-0.05, 0) is 80.0 Å². The van der Waals surface area contributed by atoms with Gasteiger partial charge in [-0.25, -0.2) is 4.99 Å².